The van der Waals surface area contributed by atoms with Crippen LogP contribution in [0, 0.1) is 0 Å². The molecule has 0 saturated carbocycles. The fourth-order valence-electron chi connectivity index (χ4n) is 4.79. The van der Waals surface area contributed by atoms with Gasteiger partial charge in [-0.2, -0.15) is 0 Å². The zero-order valence-corrected chi connectivity index (χ0v) is 21.6. The molecule has 0 spiro atoms. The number of piperidine rings is 1. The second-order valence-corrected chi connectivity index (χ2v) is 10.1. The lowest BCUT2D eigenvalue weighted by Gasteiger charge is -2.26. The summed E-state index contributed by atoms with van der Waals surface area (Å²) >= 11 is 5.97. The number of likely N-dealkylation sites (tertiary alicyclic amines) is 1. The van der Waals surface area contributed by atoms with Gasteiger partial charge in [-0.1, -0.05) is 42.3 Å². The lowest BCUT2D eigenvalue weighted by Crippen LogP contribution is -2.28. The SMILES string of the molecule is C[C@@H](NC(=O)c1ccc2[nH]c(O)c(C=Nc3ccc(CN4CCCCC4)cc3)c2c1)c1ccc(Cl)cc1. The molecule has 1 atom stereocenters. The summed E-state index contributed by atoms with van der Waals surface area (Å²) in [6.45, 7) is 5.23. The van der Waals surface area contributed by atoms with Crippen molar-refractivity contribution in [1.29, 1.82) is 0 Å². The molecule has 1 aliphatic heterocycles. The van der Waals surface area contributed by atoms with E-state index in [1.165, 1.54) is 37.9 Å². The van der Waals surface area contributed by atoms with Crippen LogP contribution in [0.3, 0.4) is 0 Å². The number of fused-ring (bicyclic) bond motifs is 1. The van der Waals surface area contributed by atoms with E-state index in [1.54, 1.807) is 24.4 Å². The molecular weight excluding hydrogens is 484 g/mol. The average molecular weight is 515 g/mol. The van der Waals surface area contributed by atoms with Gasteiger partial charge >= 0.3 is 0 Å². The molecule has 0 aliphatic carbocycles. The normalized spacial score (nSPS) is 15.3. The van der Waals surface area contributed by atoms with Crippen molar-refractivity contribution in [3.8, 4) is 5.88 Å². The fraction of sp³-hybridized carbons (Fsp3) is 0.267. The summed E-state index contributed by atoms with van der Waals surface area (Å²) < 4.78 is 0. The number of aromatic amines is 1. The molecule has 3 N–H and O–H groups in total. The van der Waals surface area contributed by atoms with Crippen LogP contribution in [0.2, 0.25) is 5.02 Å². The molecule has 190 valence electrons. The van der Waals surface area contributed by atoms with Crippen LogP contribution < -0.4 is 5.32 Å². The number of carbonyl (C=O) groups is 1. The number of hydrogen-bond donors (Lipinski definition) is 3. The number of aromatic hydroxyl groups is 1. The van der Waals surface area contributed by atoms with Crippen molar-refractivity contribution in [1.82, 2.24) is 15.2 Å². The van der Waals surface area contributed by atoms with Crippen molar-refractivity contribution in [3.05, 3.63) is 94.0 Å². The summed E-state index contributed by atoms with van der Waals surface area (Å²) in [5.74, 6) is -0.176. The maximum Gasteiger partial charge on any atom is 0.251 e. The minimum atomic E-state index is -0.197. The van der Waals surface area contributed by atoms with Gasteiger partial charge in [0.25, 0.3) is 5.91 Å². The molecule has 1 aliphatic rings. The minimum absolute atomic E-state index is 0.0209. The topological polar surface area (TPSA) is 80.7 Å². The van der Waals surface area contributed by atoms with Crippen molar-refractivity contribution in [2.75, 3.05) is 13.1 Å². The predicted octanol–water partition coefficient (Wildman–Crippen LogP) is 6.75. The highest BCUT2D eigenvalue weighted by molar-refractivity contribution is 6.30. The molecule has 2 heterocycles. The van der Waals surface area contributed by atoms with Gasteiger partial charge in [-0.05, 0) is 86.4 Å². The number of aromatic nitrogens is 1. The van der Waals surface area contributed by atoms with Crippen LogP contribution in [0.1, 0.15) is 59.3 Å². The first-order chi connectivity index (χ1) is 18.0. The van der Waals surface area contributed by atoms with Gasteiger partial charge in [0.2, 0.25) is 0 Å². The van der Waals surface area contributed by atoms with Gasteiger partial charge in [-0.3, -0.25) is 14.7 Å². The third-order valence-electron chi connectivity index (χ3n) is 6.93. The van der Waals surface area contributed by atoms with E-state index in [4.69, 9.17) is 11.6 Å². The molecule has 37 heavy (non-hydrogen) atoms. The smallest absolute Gasteiger partial charge is 0.251 e. The van der Waals surface area contributed by atoms with Crippen molar-refractivity contribution in [2.45, 2.75) is 38.8 Å². The Morgan fingerprint density at radius 3 is 2.54 bits per heavy atom. The van der Waals surface area contributed by atoms with Gasteiger partial charge < -0.3 is 15.4 Å². The molecule has 0 bridgehead atoms. The Morgan fingerprint density at radius 1 is 1.08 bits per heavy atom. The zero-order valence-electron chi connectivity index (χ0n) is 20.9. The van der Waals surface area contributed by atoms with E-state index in [0.717, 1.165) is 28.7 Å². The molecule has 7 heteroatoms. The zero-order chi connectivity index (χ0) is 25.8. The summed E-state index contributed by atoms with van der Waals surface area (Å²) in [6, 6.07) is 20.8. The van der Waals surface area contributed by atoms with Gasteiger partial charge in [0.15, 0.2) is 5.88 Å². The molecule has 1 aromatic heterocycles. The summed E-state index contributed by atoms with van der Waals surface area (Å²) in [5, 5.41) is 14.9. The largest absolute Gasteiger partial charge is 0.494 e. The lowest BCUT2D eigenvalue weighted by atomic mass is 10.1. The molecule has 0 unspecified atom stereocenters. The van der Waals surface area contributed by atoms with Crippen LogP contribution >= 0.6 is 11.6 Å². The molecule has 5 rings (SSSR count). The number of carbonyl (C=O) groups excluding carboxylic acids is 1. The molecule has 3 aromatic carbocycles. The third-order valence-corrected chi connectivity index (χ3v) is 7.18. The molecular formula is C30H31ClN4O2. The van der Waals surface area contributed by atoms with Crippen LogP contribution in [0.4, 0.5) is 5.69 Å². The Labute approximate surface area is 222 Å². The first kappa shape index (κ1) is 25.1. The van der Waals surface area contributed by atoms with Crippen molar-refractivity contribution in [3.63, 3.8) is 0 Å². The second kappa shape index (κ2) is 11.2. The summed E-state index contributed by atoms with van der Waals surface area (Å²) in [5.41, 5.74) is 4.84. The van der Waals surface area contributed by atoms with Crippen molar-refractivity contribution >= 4 is 40.3 Å². The summed E-state index contributed by atoms with van der Waals surface area (Å²) in [4.78, 5) is 23.0. The van der Waals surface area contributed by atoms with Crippen LogP contribution in [0.15, 0.2) is 71.7 Å². The van der Waals surface area contributed by atoms with E-state index in [-0.39, 0.29) is 17.8 Å². The van der Waals surface area contributed by atoms with Crippen LogP contribution in [0.5, 0.6) is 5.88 Å². The van der Waals surface area contributed by atoms with E-state index in [1.807, 2.05) is 43.3 Å². The molecule has 1 amide bonds. The number of hydrogen-bond acceptors (Lipinski definition) is 4. The fourth-order valence-corrected chi connectivity index (χ4v) is 4.91. The quantitative estimate of drug-likeness (QED) is 0.238. The molecule has 4 aromatic rings. The highest BCUT2D eigenvalue weighted by atomic mass is 35.5. The molecule has 1 fully saturated rings. The van der Waals surface area contributed by atoms with E-state index < -0.39 is 0 Å². The lowest BCUT2D eigenvalue weighted by molar-refractivity contribution is 0.0940. The molecule has 0 radical (unpaired) electrons. The number of rotatable bonds is 7. The van der Waals surface area contributed by atoms with Gasteiger partial charge in [0.1, 0.15) is 0 Å². The average Bonchev–Trinajstić information content (AvgIpc) is 3.23. The van der Waals surface area contributed by atoms with Gasteiger partial charge in [-0.25, -0.2) is 0 Å². The summed E-state index contributed by atoms with van der Waals surface area (Å²) in [7, 11) is 0. The summed E-state index contributed by atoms with van der Waals surface area (Å²) in [6.07, 6.45) is 5.54. The van der Waals surface area contributed by atoms with E-state index in [2.05, 4.69) is 32.3 Å². The minimum Gasteiger partial charge on any atom is -0.494 e. The molecule has 1 saturated heterocycles. The number of halogens is 1. The van der Waals surface area contributed by atoms with Gasteiger partial charge in [-0.15, -0.1) is 0 Å². The van der Waals surface area contributed by atoms with Crippen LogP contribution in [0.25, 0.3) is 10.9 Å². The first-order valence-electron chi connectivity index (χ1n) is 12.7. The van der Waals surface area contributed by atoms with Crippen molar-refractivity contribution < 1.29 is 9.90 Å². The number of aliphatic imine (C=N–C) groups is 1. The van der Waals surface area contributed by atoms with E-state index >= 15 is 0 Å². The van der Waals surface area contributed by atoms with Crippen LogP contribution in [-0.2, 0) is 6.54 Å². The highest BCUT2D eigenvalue weighted by Crippen LogP contribution is 2.28. The van der Waals surface area contributed by atoms with Crippen molar-refractivity contribution in [2.24, 2.45) is 4.99 Å². The first-order valence-corrected chi connectivity index (χ1v) is 13.1. The maximum absolute atomic E-state index is 13.0. The Bertz CT molecular complexity index is 1400. The number of H-pyrrole nitrogens is 1. The maximum atomic E-state index is 13.0. The highest BCUT2D eigenvalue weighted by Gasteiger charge is 2.15. The Morgan fingerprint density at radius 2 is 1.81 bits per heavy atom. The van der Waals surface area contributed by atoms with Gasteiger partial charge in [0, 0.05) is 34.2 Å². The van der Waals surface area contributed by atoms with E-state index in [9.17, 15) is 9.90 Å². The standard InChI is InChI=1S/C30H31ClN4O2/c1-20(22-7-10-24(31)11-8-22)33-29(36)23-9-14-28-26(17-23)27(30(37)34-28)18-32-25-12-5-21(6-13-25)19-35-15-3-2-4-16-35/h5-14,17-18,20,34,37H,2-4,15-16,19H2,1H3,(H,33,36)/t20-/m1/s1. The predicted molar refractivity (Wildman–Crippen MR) is 150 cm³/mol. The van der Waals surface area contributed by atoms with Gasteiger partial charge in [0.05, 0.1) is 17.3 Å². The van der Waals surface area contributed by atoms with Crippen LogP contribution in [-0.4, -0.2) is 40.2 Å². The Kier molecular flexibility index (Phi) is 7.58. The number of benzene rings is 3. The second-order valence-electron chi connectivity index (χ2n) is 9.66. The molecule has 6 nitrogen and oxygen atoms in total. The monoisotopic (exact) mass is 514 g/mol. The Balaban J connectivity index is 1.30. The van der Waals surface area contributed by atoms with E-state index in [0.29, 0.717) is 16.1 Å². The Hall–Kier alpha value is -3.61. The number of nitrogens with zero attached hydrogens (tertiary/aromatic N) is 2. The number of nitrogens with one attached hydrogen (secondary N) is 2. The number of amides is 1. The third kappa shape index (κ3) is 6.04.